The predicted octanol–water partition coefficient (Wildman–Crippen LogP) is 3.33. The number of hydrogen-bond donors (Lipinski definition) is 1. The fourth-order valence-electron chi connectivity index (χ4n) is 1.77. The molecular formula is C14H17NO3. The second-order valence-electron chi connectivity index (χ2n) is 3.95. The van der Waals surface area contributed by atoms with Gasteiger partial charge in [0.25, 0.3) is 0 Å². The Kier molecular flexibility index (Phi) is 4.02. The summed E-state index contributed by atoms with van der Waals surface area (Å²) >= 11 is 0. The molecule has 0 amide bonds. The fraction of sp³-hybridized carbons (Fsp3) is 0.286. The van der Waals surface area contributed by atoms with E-state index < -0.39 is 0 Å². The lowest BCUT2D eigenvalue weighted by Gasteiger charge is -2.18. The molecule has 0 radical (unpaired) electrons. The molecule has 0 fully saturated rings. The van der Waals surface area contributed by atoms with Crippen molar-refractivity contribution in [1.82, 2.24) is 0 Å². The fourth-order valence-corrected chi connectivity index (χ4v) is 1.77. The molecule has 0 bridgehead atoms. The number of anilines is 1. The Balaban J connectivity index is 2.06. The third kappa shape index (κ3) is 2.91. The molecule has 18 heavy (non-hydrogen) atoms. The lowest BCUT2D eigenvalue weighted by atomic mass is 10.0. The molecule has 1 heterocycles. The quantitative estimate of drug-likeness (QED) is 0.375. The molecule has 4 nitrogen and oxygen atoms in total. The van der Waals surface area contributed by atoms with E-state index in [0.29, 0.717) is 19.1 Å². The van der Waals surface area contributed by atoms with Crippen molar-refractivity contribution in [3.63, 3.8) is 0 Å². The van der Waals surface area contributed by atoms with Crippen molar-refractivity contribution in [2.45, 2.75) is 13.8 Å². The van der Waals surface area contributed by atoms with E-state index in [1.54, 1.807) is 0 Å². The maximum absolute atomic E-state index is 5.59. The van der Waals surface area contributed by atoms with Gasteiger partial charge < -0.3 is 10.1 Å². The number of benzene rings is 1. The Hall–Kier alpha value is -1.78. The summed E-state index contributed by atoms with van der Waals surface area (Å²) in [4.78, 5) is 9.68. The molecule has 2 rings (SSSR count). The highest BCUT2D eigenvalue weighted by molar-refractivity contribution is 5.75. The van der Waals surface area contributed by atoms with Crippen LogP contribution < -0.4 is 10.1 Å². The first kappa shape index (κ1) is 12.7. The van der Waals surface area contributed by atoms with Gasteiger partial charge in [-0.3, -0.25) is 0 Å². The first-order chi connectivity index (χ1) is 8.70. The first-order valence-electron chi connectivity index (χ1n) is 5.88. The van der Waals surface area contributed by atoms with Crippen molar-refractivity contribution in [2.75, 3.05) is 18.7 Å². The summed E-state index contributed by atoms with van der Waals surface area (Å²) in [5, 5.41) is 3.08. The first-order valence-corrected chi connectivity index (χ1v) is 5.88. The van der Waals surface area contributed by atoms with Crippen LogP contribution >= 0.6 is 0 Å². The van der Waals surface area contributed by atoms with Crippen LogP contribution in [0.15, 0.2) is 36.6 Å². The standard InChI is InChI=1S/C14H17NO3/c1-4-16-17-9-15-12-5-6-13-10(2)7-11(3)18-14(13)8-12/h5-8,15H,3-4,9H2,1-2H3. The Bertz CT molecular complexity index is 480. The van der Waals surface area contributed by atoms with Gasteiger partial charge in [-0.05, 0) is 37.6 Å². The SMILES string of the molecule is C=C1C=C(C)c2ccc(NCOOCC)cc2O1. The summed E-state index contributed by atoms with van der Waals surface area (Å²) < 4.78 is 5.59. The molecule has 96 valence electrons. The Labute approximate surface area is 107 Å². The van der Waals surface area contributed by atoms with E-state index in [1.165, 1.54) is 0 Å². The molecule has 1 N–H and O–H groups in total. The van der Waals surface area contributed by atoms with E-state index in [1.807, 2.05) is 38.1 Å². The van der Waals surface area contributed by atoms with Crippen LogP contribution in [0, 0.1) is 0 Å². The highest BCUT2D eigenvalue weighted by Gasteiger charge is 2.13. The highest BCUT2D eigenvalue weighted by atomic mass is 17.2. The third-order valence-corrected chi connectivity index (χ3v) is 2.56. The second-order valence-corrected chi connectivity index (χ2v) is 3.95. The molecule has 1 aliphatic rings. The minimum absolute atomic E-state index is 0.294. The molecule has 4 heteroatoms. The van der Waals surface area contributed by atoms with Crippen LogP contribution in [0.4, 0.5) is 5.69 Å². The molecule has 0 saturated carbocycles. The Morgan fingerprint density at radius 3 is 2.94 bits per heavy atom. The zero-order valence-corrected chi connectivity index (χ0v) is 10.7. The molecule has 1 aromatic rings. The zero-order valence-electron chi connectivity index (χ0n) is 10.7. The largest absolute Gasteiger partial charge is 0.457 e. The van der Waals surface area contributed by atoms with Gasteiger partial charge in [-0.1, -0.05) is 6.58 Å². The number of ether oxygens (including phenoxy) is 1. The molecule has 0 spiro atoms. The van der Waals surface area contributed by atoms with Crippen LogP contribution in [0.3, 0.4) is 0 Å². The Morgan fingerprint density at radius 2 is 2.17 bits per heavy atom. The van der Waals surface area contributed by atoms with E-state index in [0.717, 1.165) is 22.6 Å². The van der Waals surface area contributed by atoms with Crippen molar-refractivity contribution in [3.05, 3.63) is 42.2 Å². The van der Waals surface area contributed by atoms with E-state index in [4.69, 9.17) is 14.5 Å². The summed E-state index contributed by atoms with van der Waals surface area (Å²) in [5.74, 6) is 1.46. The summed E-state index contributed by atoms with van der Waals surface area (Å²) in [6, 6.07) is 5.91. The monoisotopic (exact) mass is 247 g/mol. The van der Waals surface area contributed by atoms with Crippen molar-refractivity contribution in [1.29, 1.82) is 0 Å². The summed E-state index contributed by atoms with van der Waals surface area (Å²) in [6.45, 7) is 8.54. The normalized spacial score (nSPS) is 13.7. The van der Waals surface area contributed by atoms with Crippen LogP contribution in [0.2, 0.25) is 0 Å². The molecule has 0 atom stereocenters. The molecule has 0 aromatic heterocycles. The average Bonchev–Trinajstić information content (AvgIpc) is 2.34. The van der Waals surface area contributed by atoms with Gasteiger partial charge in [-0.15, -0.1) is 0 Å². The van der Waals surface area contributed by atoms with Gasteiger partial charge in [0.2, 0.25) is 0 Å². The lowest BCUT2D eigenvalue weighted by Crippen LogP contribution is -2.07. The zero-order chi connectivity index (χ0) is 13.0. The molecule has 1 aromatic carbocycles. The van der Waals surface area contributed by atoms with Gasteiger partial charge >= 0.3 is 0 Å². The smallest absolute Gasteiger partial charge is 0.151 e. The molecule has 0 unspecified atom stereocenters. The minimum atomic E-state index is 0.294. The van der Waals surface area contributed by atoms with Crippen molar-refractivity contribution in [3.8, 4) is 5.75 Å². The van der Waals surface area contributed by atoms with Crippen molar-refractivity contribution < 1.29 is 14.5 Å². The van der Waals surface area contributed by atoms with Crippen molar-refractivity contribution >= 4 is 11.3 Å². The number of rotatable bonds is 5. The van der Waals surface area contributed by atoms with E-state index in [9.17, 15) is 0 Å². The van der Waals surface area contributed by atoms with Gasteiger partial charge in [0, 0.05) is 17.3 Å². The topological polar surface area (TPSA) is 39.7 Å². The van der Waals surface area contributed by atoms with Crippen LogP contribution in [-0.2, 0) is 9.78 Å². The van der Waals surface area contributed by atoms with Crippen LogP contribution in [-0.4, -0.2) is 13.3 Å². The molecule has 0 saturated heterocycles. The van der Waals surface area contributed by atoms with E-state index in [2.05, 4.69) is 11.9 Å². The molecular weight excluding hydrogens is 230 g/mol. The Morgan fingerprint density at radius 1 is 1.33 bits per heavy atom. The van der Waals surface area contributed by atoms with Gasteiger partial charge in [0.1, 0.15) is 11.5 Å². The summed E-state index contributed by atoms with van der Waals surface area (Å²) in [7, 11) is 0. The minimum Gasteiger partial charge on any atom is -0.457 e. The lowest BCUT2D eigenvalue weighted by molar-refractivity contribution is -0.285. The summed E-state index contributed by atoms with van der Waals surface area (Å²) in [6.07, 6.45) is 1.92. The van der Waals surface area contributed by atoms with E-state index >= 15 is 0 Å². The molecule has 1 aliphatic heterocycles. The van der Waals surface area contributed by atoms with Gasteiger partial charge in [-0.2, -0.15) is 0 Å². The number of nitrogens with one attached hydrogen (secondary N) is 1. The van der Waals surface area contributed by atoms with Crippen LogP contribution in [0.25, 0.3) is 5.57 Å². The third-order valence-electron chi connectivity index (χ3n) is 2.56. The van der Waals surface area contributed by atoms with E-state index in [-0.39, 0.29) is 0 Å². The van der Waals surface area contributed by atoms with Crippen LogP contribution in [0.1, 0.15) is 19.4 Å². The summed E-state index contributed by atoms with van der Waals surface area (Å²) in [5.41, 5.74) is 3.15. The number of hydrogen-bond acceptors (Lipinski definition) is 4. The predicted molar refractivity (Wildman–Crippen MR) is 71.1 cm³/mol. The average molecular weight is 247 g/mol. The maximum Gasteiger partial charge on any atom is 0.151 e. The highest BCUT2D eigenvalue weighted by Crippen LogP contribution is 2.34. The van der Waals surface area contributed by atoms with Gasteiger partial charge in [0.15, 0.2) is 6.73 Å². The number of fused-ring (bicyclic) bond motifs is 1. The molecule has 0 aliphatic carbocycles. The maximum atomic E-state index is 5.59. The number of allylic oxidation sites excluding steroid dienone is 2. The van der Waals surface area contributed by atoms with Crippen molar-refractivity contribution in [2.24, 2.45) is 0 Å². The van der Waals surface area contributed by atoms with Gasteiger partial charge in [0.05, 0.1) is 6.61 Å². The van der Waals surface area contributed by atoms with Crippen LogP contribution in [0.5, 0.6) is 5.75 Å². The van der Waals surface area contributed by atoms with Gasteiger partial charge in [-0.25, -0.2) is 9.78 Å². The second kappa shape index (κ2) is 5.71.